The summed E-state index contributed by atoms with van der Waals surface area (Å²) in [4.78, 5) is 14.8. The summed E-state index contributed by atoms with van der Waals surface area (Å²) in [6.45, 7) is 0. The molecule has 1 saturated carbocycles. The molecule has 0 atom stereocenters. The Labute approximate surface area is 199 Å². The second-order valence-corrected chi connectivity index (χ2v) is 9.69. The van der Waals surface area contributed by atoms with Crippen LogP contribution >= 0.6 is 23.5 Å². The van der Waals surface area contributed by atoms with Crippen LogP contribution in [0.1, 0.15) is 18.9 Å². The Kier molecular flexibility index (Phi) is 6.46. The fourth-order valence-corrected chi connectivity index (χ4v) is 5.18. The number of aromatic nitrogens is 3. The van der Waals surface area contributed by atoms with Gasteiger partial charge < -0.3 is 5.32 Å². The Morgan fingerprint density at radius 3 is 2.48 bits per heavy atom. The van der Waals surface area contributed by atoms with Gasteiger partial charge in [-0.15, -0.1) is 10.2 Å². The van der Waals surface area contributed by atoms with Crippen molar-refractivity contribution in [2.24, 2.45) is 0 Å². The average molecular weight is 477 g/mol. The largest absolute Gasteiger partial charge is 0.324 e. The molecule has 166 valence electrons. The van der Waals surface area contributed by atoms with Crippen LogP contribution in [0.4, 0.5) is 10.1 Å². The third-order valence-corrected chi connectivity index (χ3v) is 7.18. The SMILES string of the molecule is O=C(CSc1nnc(-c2ccccc2F)n1C1CC1)Nc1ccccc1Sc1ccccc1. The van der Waals surface area contributed by atoms with E-state index in [-0.39, 0.29) is 23.5 Å². The number of hydrogen-bond donors (Lipinski definition) is 1. The number of carbonyl (C=O) groups excluding carboxylic acids is 1. The van der Waals surface area contributed by atoms with Gasteiger partial charge in [0.25, 0.3) is 0 Å². The van der Waals surface area contributed by atoms with E-state index in [1.54, 1.807) is 30.0 Å². The van der Waals surface area contributed by atoms with Gasteiger partial charge in [0, 0.05) is 15.8 Å². The van der Waals surface area contributed by atoms with E-state index in [2.05, 4.69) is 15.5 Å². The fourth-order valence-electron chi connectivity index (χ4n) is 3.45. The van der Waals surface area contributed by atoms with Gasteiger partial charge in [0.15, 0.2) is 11.0 Å². The van der Waals surface area contributed by atoms with Gasteiger partial charge in [0.1, 0.15) is 5.82 Å². The van der Waals surface area contributed by atoms with Gasteiger partial charge >= 0.3 is 0 Å². The van der Waals surface area contributed by atoms with E-state index in [9.17, 15) is 9.18 Å². The number of para-hydroxylation sites is 1. The van der Waals surface area contributed by atoms with Crippen molar-refractivity contribution in [3.05, 3.63) is 84.7 Å². The minimum absolute atomic E-state index is 0.126. The van der Waals surface area contributed by atoms with E-state index in [0.29, 0.717) is 16.5 Å². The molecule has 0 bridgehead atoms. The summed E-state index contributed by atoms with van der Waals surface area (Å²) in [6.07, 6.45) is 2.01. The van der Waals surface area contributed by atoms with E-state index in [1.165, 1.54) is 17.8 Å². The number of hydrogen-bond acceptors (Lipinski definition) is 5. The minimum atomic E-state index is -0.325. The van der Waals surface area contributed by atoms with Crippen LogP contribution in [0.3, 0.4) is 0 Å². The van der Waals surface area contributed by atoms with Crippen LogP contribution < -0.4 is 5.32 Å². The molecule has 1 aromatic heterocycles. The molecule has 0 radical (unpaired) electrons. The first-order valence-electron chi connectivity index (χ1n) is 10.6. The quantitative estimate of drug-likeness (QED) is 0.302. The van der Waals surface area contributed by atoms with Crippen molar-refractivity contribution in [3.8, 4) is 11.4 Å². The molecule has 1 heterocycles. The zero-order chi connectivity index (χ0) is 22.6. The molecule has 0 saturated heterocycles. The van der Waals surface area contributed by atoms with E-state index in [4.69, 9.17) is 0 Å². The normalized spacial score (nSPS) is 13.1. The van der Waals surface area contributed by atoms with Crippen LogP contribution in [0.2, 0.25) is 0 Å². The lowest BCUT2D eigenvalue weighted by molar-refractivity contribution is -0.113. The number of amides is 1. The predicted octanol–water partition coefficient (Wildman–Crippen LogP) is 6.30. The average Bonchev–Trinajstić information content (AvgIpc) is 3.59. The number of anilines is 1. The van der Waals surface area contributed by atoms with Gasteiger partial charge in [-0.1, -0.05) is 66.0 Å². The summed E-state index contributed by atoms with van der Waals surface area (Å²) >= 11 is 2.93. The number of thioether (sulfide) groups is 1. The van der Waals surface area contributed by atoms with E-state index in [1.807, 2.05) is 59.2 Å². The lowest BCUT2D eigenvalue weighted by atomic mass is 10.2. The summed E-state index contributed by atoms with van der Waals surface area (Å²) < 4.78 is 16.3. The second-order valence-electron chi connectivity index (χ2n) is 7.64. The van der Waals surface area contributed by atoms with Crippen LogP contribution in [0.15, 0.2) is 93.8 Å². The van der Waals surface area contributed by atoms with Crippen LogP contribution in [-0.4, -0.2) is 26.4 Å². The van der Waals surface area contributed by atoms with E-state index < -0.39 is 0 Å². The molecule has 1 aliphatic rings. The van der Waals surface area contributed by atoms with Crippen molar-refractivity contribution in [1.82, 2.24) is 14.8 Å². The highest BCUT2D eigenvalue weighted by Gasteiger charge is 2.31. The number of carbonyl (C=O) groups is 1. The summed E-state index contributed by atoms with van der Waals surface area (Å²) in [7, 11) is 0. The first-order chi connectivity index (χ1) is 16.2. The van der Waals surface area contributed by atoms with Gasteiger partial charge in [-0.05, 0) is 49.2 Å². The number of halogens is 1. The molecular weight excluding hydrogens is 455 g/mol. The van der Waals surface area contributed by atoms with Gasteiger partial charge in [0.05, 0.1) is 17.0 Å². The molecule has 5 nitrogen and oxygen atoms in total. The summed E-state index contributed by atoms with van der Waals surface area (Å²) in [5, 5.41) is 12.2. The standard InChI is InChI=1S/C25H21FN4OS2/c26-20-11-5-4-10-19(20)24-28-29-25(30(24)17-14-15-17)32-16-23(31)27-21-12-6-7-13-22(21)33-18-8-2-1-3-9-18/h1-13,17H,14-16H2,(H,27,31). The van der Waals surface area contributed by atoms with E-state index in [0.717, 1.165) is 28.3 Å². The van der Waals surface area contributed by atoms with Crippen LogP contribution in [0, 0.1) is 5.82 Å². The molecule has 1 N–H and O–H groups in total. The highest BCUT2D eigenvalue weighted by atomic mass is 32.2. The Bertz CT molecular complexity index is 1270. The number of nitrogens with one attached hydrogen (secondary N) is 1. The molecule has 1 aliphatic carbocycles. The zero-order valence-corrected chi connectivity index (χ0v) is 19.3. The van der Waals surface area contributed by atoms with Gasteiger partial charge in [-0.2, -0.15) is 0 Å². The van der Waals surface area contributed by atoms with Crippen molar-refractivity contribution < 1.29 is 9.18 Å². The maximum Gasteiger partial charge on any atom is 0.234 e. The first kappa shape index (κ1) is 21.7. The lowest BCUT2D eigenvalue weighted by Crippen LogP contribution is -2.15. The highest BCUT2D eigenvalue weighted by Crippen LogP contribution is 2.41. The molecule has 0 spiro atoms. The third kappa shape index (κ3) is 5.12. The van der Waals surface area contributed by atoms with Gasteiger partial charge in [-0.25, -0.2) is 4.39 Å². The highest BCUT2D eigenvalue weighted by molar-refractivity contribution is 8.00. The molecule has 4 aromatic rings. The van der Waals surface area contributed by atoms with Crippen molar-refractivity contribution in [3.63, 3.8) is 0 Å². The smallest absolute Gasteiger partial charge is 0.234 e. The number of rotatable bonds is 8. The lowest BCUT2D eigenvalue weighted by Gasteiger charge is -2.11. The second kappa shape index (κ2) is 9.80. The summed E-state index contributed by atoms with van der Waals surface area (Å²) in [6, 6.07) is 24.6. The molecule has 0 unspecified atom stereocenters. The zero-order valence-electron chi connectivity index (χ0n) is 17.6. The van der Waals surface area contributed by atoms with Crippen molar-refractivity contribution >= 4 is 35.1 Å². The van der Waals surface area contributed by atoms with Gasteiger partial charge in [-0.3, -0.25) is 9.36 Å². The molecule has 0 aliphatic heterocycles. The molecule has 1 amide bonds. The van der Waals surface area contributed by atoms with Crippen LogP contribution in [0.5, 0.6) is 0 Å². The summed E-state index contributed by atoms with van der Waals surface area (Å²) in [5.74, 6) is 0.252. The molecule has 3 aromatic carbocycles. The Hall–Kier alpha value is -3.10. The Morgan fingerprint density at radius 2 is 1.70 bits per heavy atom. The van der Waals surface area contributed by atoms with Crippen molar-refractivity contribution in [2.45, 2.75) is 33.8 Å². The van der Waals surface area contributed by atoms with E-state index >= 15 is 0 Å². The third-order valence-electron chi connectivity index (χ3n) is 5.16. The molecule has 1 fully saturated rings. The van der Waals surface area contributed by atoms with Crippen molar-refractivity contribution in [1.29, 1.82) is 0 Å². The molecular formula is C25H21FN4OS2. The van der Waals surface area contributed by atoms with Crippen LogP contribution in [0.25, 0.3) is 11.4 Å². The number of benzene rings is 3. The number of nitrogens with zero attached hydrogens (tertiary/aromatic N) is 3. The minimum Gasteiger partial charge on any atom is -0.324 e. The first-order valence-corrected chi connectivity index (χ1v) is 12.4. The monoisotopic (exact) mass is 476 g/mol. The maximum absolute atomic E-state index is 14.3. The summed E-state index contributed by atoms with van der Waals surface area (Å²) in [5.41, 5.74) is 1.20. The topological polar surface area (TPSA) is 59.8 Å². The molecule has 5 rings (SSSR count). The molecule has 33 heavy (non-hydrogen) atoms. The molecule has 8 heteroatoms. The maximum atomic E-state index is 14.3. The Balaban J connectivity index is 1.29. The predicted molar refractivity (Wildman–Crippen MR) is 130 cm³/mol. The van der Waals surface area contributed by atoms with Gasteiger partial charge in [0.2, 0.25) is 5.91 Å². The van der Waals surface area contributed by atoms with Crippen molar-refractivity contribution in [2.75, 3.05) is 11.1 Å². The Morgan fingerprint density at radius 1 is 0.970 bits per heavy atom. The van der Waals surface area contributed by atoms with Crippen LogP contribution in [-0.2, 0) is 4.79 Å². The fraction of sp³-hybridized carbons (Fsp3) is 0.160.